The van der Waals surface area contributed by atoms with Gasteiger partial charge in [-0.1, -0.05) is 26.3 Å². The van der Waals surface area contributed by atoms with Crippen LogP contribution >= 0.6 is 0 Å². The summed E-state index contributed by atoms with van der Waals surface area (Å²) < 4.78 is 0. The molecule has 0 heterocycles. The molecule has 0 fully saturated rings. The number of hydrogen-bond acceptors (Lipinski definition) is 3. The molecule has 0 atom stereocenters. The van der Waals surface area contributed by atoms with Gasteiger partial charge in [-0.2, -0.15) is 0 Å². The third kappa shape index (κ3) is 5.44. The number of allylic oxidation sites excluding steroid dienone is 6. The molecule has 0 aliphatic rings. The molecule has 0 bridgehead atoms. The second kappa shape index (κ2) is 6.24. The van der Waals surface area contributed by atoms with E-state index in [-0.39, 0.29) is 22.7 Å². The number of Topliss-reactive ketones (excluding diaryl/α,β-unsaturated/α-hetero) is 1. The highest BCUT2D eigenvalue weighted by molar-refractivity contribution is 6.11. The monoisotopic (exact) mass is 218 g/mol. The van der Waals surface area contributed by atoms with Crippen LogP contribution in [0.3, 0.4) is 0 Å². The van der Waals surface area contributed by atoms with E-state index in [1.165, 1.54) is 24.3 Å². The summed E-state index contributed by atoms with van der Waals surface area (Å²) in [5.74, 6) is -0.729. The van der Waals surface area contributed by atoms with Gasteiger partial charge in [-0.25, -0.2) is 0 Å². The molecular formula is C13H14O3. The largest absolute Gasteiger partial charge is 0.509 e. The normalized spacial score (nSPS) is 10.5. The van der Waals surface area contributed by atoms with E-state index in [9.17, 15) is 4.79 Å². The minimum absolute atomic E-state index is 0.161. The van der Waals surface area contributed by atoms with Gasteiger partial charge in [0.1, 0.15) is 11.5 Å². The molecular weight excluding hydrogens is 204 g/mol. The Hall–Kier alpha value is -2.29. The lowest BCUT2D eigenvalue weighted by molar-refractivity contribution is -0.111. The summed E-state index contributed by atoms with van der Waals surface area (Å²) in [4.78, 5) is 11.5. The Balaban J connectivity index is 4.57. The predicted molar refractivity (Wildman–Crippen MR) is 65.1 cm³/mol. The second-order valence-electron chi connectivity index (χ2n) is 3.03. The summed E-state index contributed by atoms with van der Waals surface area (Å²) in [6, 6.07) is 0. The van der Waals surface area contributed by atoms with E-state index in [1.807, 2.05) is 0 Å². The molecule has 0 aromatic heterocycles. The predicted octanol–water partition coefficient (Wildman–Crippen LogP) is 2.92. The molecule has 2 N–H and O–H groups in total. The quantitative estimate of drug-likeness (QED) is 0.409. The van der Waals surface area contributed by atoms with E-state index < -0.39 is 5.78 Å². The Labute approximate surface area is 94.7 Å². The number of aliphatic hydroxyl groups is 2. The van der Waals surface area contributed by atoms with Crippen LogP contribution in [0.15, 0.2) is 73.3 Å². The summed E-state index contributed by atoms with van der Waals surface area (Å²) in [7, 11) is 0. The van der Waals surface area contributed by atoms with E-state index in [0.717, 1.165) is 0 Å². The molecule has 0 amide bonds. The zero-order chi connectivity index (χ0) is 12.7. The van der Waals surface area contributed by atoms with Gasteiger partial charge in [0.2, 0.25) is 0 Å². The van der Waals surface area contributed by atoms with Crippen LogP contribution in [0.4, 0.5) is 0 Å². The van der Waals surface area contributed by atoms with Crippen molar-refractivity contribution in [3.05, 3.63) is 73.3 Å². The Kier molecular flexibility index (Phi) is 5.35. The summed E-state index contributed by atoms with van der Waals surface area (Å²) >= 11 is 0. The van der Waals surface area contributed by atoms with Gasteiger partial charge in [0.15, 0.2) is 5.78 Å². The Bertz CT molecular complexity index is 371. The van der Waals surface area contributed by atoms with Crippen molar-refractivity contribution < 1.29 is 15.0 Å². The van der Waals surface area contributed by atoms with Crippen molar-refractivity contribution in [2.24, 2.45) is 0 Å². The van der Waals surface area contributed by atoms with Crippen LogP contribution in [0.2, 0.25) is 0 Å². The Morgan fingerprint density at radius 1 is 0.750 bits per heavy atom. The highest BCUT2D eigenvalue weighted by atomic mass is 16.3. The van der Waals surface area contributed by atoms with Crippen molar-refractivity contribution in [3.63, 3.8) is 0 Å². The molecule has 0 aromatic rings. The maximum absolute atomic E-state index is 11.5. The van der Waals surface area contributed by atoms with Crippen molar-refractivity contribution >= 4 is 5.78 Å². The van der Waals surface area contributed by atoms with Gasteiger partial charge in [-0.05, 0) is 24.3 Å². The van der Waals surface area contributed by atoms with Crippen LogP contribution < -0.4 is 0 Å². The van der Waals surface area contributed by atoms with Crippen molar-refractivity contribution in [2.75, 3.05) is 0 Å². The number of aliphatic hydroxyl groups excluding tert-OH is 2. The summed E-state index contributed by atoms with van der Waals surface area (Å²) in [5.41, 5.74) is 0.321. The molecule has 0 spiro atoms. The molecule has 0 aliphatic heterocycles. The molecule has 3 heteroatoms. The van der Waals surface area contributed by atoms with Crippen LogP contribution in [0.5, 0.6) is 0 Å². The number of rotatable bonds is 6. The average molecular weight is 218 g/mol. The van der Waals surface area contributed by atoms with E-state index in [0.29, 0.717) is 0 Å². The standard InChI is InChI=1S/C13H14O3/c1-9(5-7-11(3)14)13(16)10(2)6-8-12(4)15/h5-8,14-15H,1-4H2/b7-5-,8-6-. The zero-order valence-electron chi connectivity index (χ0n) is 8.94. The lowest BCUT2D eigenvalue weighted by atomic mass is 10.1. The fraction of sp³-hybridized carbons (Fsp3) is 0. The van der Waals surface area contributed by atoms with Crippen molar-refractivity contribution in [1.82, 2.24) is 0 Å². The van der Waals surface area contributed by atoms with Crippen molar-refractivity contribution in [1.29, 1.82) is 0 Å². The number of ketones is 1. The average Bonchev–Trinajstić information content (AvgIpc) is 2.21. The first-order chi connectivity index (χ1) is 7.34. The topological polar surface area (TPSA) is 57.5 Å². The van der Waals surface area contributed by atoms with Gasteiger partial charge < -0.3 is 10.2 Å². The number of carbonyl (C=O) groups excluding carboxylic acids is 1. The third-order valence-corrected chi connectivity index (χ3v) is 1.54. The second-order valence-corrected chi connectivity index (χ2v) is 3.03. The maximum atomic E-state index is 11.5. The van der Waals surface area contributed by atoms with Gasteiger partial charge >= 0.3 is 0 Å². The SMILES string of the molecule is C=C(O)/C=C\C(=C)C(=O)C(=C)/C=C\C(=C)O. The fourth-order valence-electron chi connectivity index (χ4n) is 0.751. The van der Waals surface area contributed by atoms with Gasteiger partial charge in [0.05, 0.1) is 0 Å². The molecule has 16 heavy (non-hydrogen) atoms. The molecule has 0 radical (unpaired) electrons. The van der Waals surface area contributed by atoms with Crippen LogP contribution in [-0.4, -0.2) is 16.0 Å². The molecule has 0 rings (SSSR count). The van der Waals surface area contributed by atoms with E-state index in [2.05, 4.69) is 26.3 Å². The van der Waals surface area contributed by atoms with Crippen molar-refractivity contribution in [3.8, 4) is 0 Å². The van der Waals surface area contributed by atoms with Crippen LogP contribution in [0.25, 0.3) is 0 Å². The van der Waals surface area contributed by atoms with Crippen LogP contribution in [-0.2, 0) is 4.79 Å². The van der Waals surface area contributed by atoms with Crippen LogP contribution in [0.1, 0.15) is 0 Å². The first kappa shape index (κ1) is 13.7. The molecule has 0 unspecified atom stereocenters. The first-order valence-electron chi connectivity index (χ1n) is 4.39. The fourth-order valence-corrected chi connectivity index (χ4v) is 0.751. The lowest BCUT2D eigenvalue weighted by Crippen LogP contribution is -2.00. The number of hydrogen-bond donors (Lipinski definition) is 2. The smallest absolute Gasteiger partial charge is 0.191 e. The highest BCUT2D eigenvalue weighted by Gasteiger charge is 2.06. The van der Waals surface area contributed by atoms with Gasteiger partial charge in [0, 0.05) is 11.1 Å². The molecule has 84 valence electrons. The Morgan fingerprint density at radius 2 is 1.06 bits per heavy atom. The van der Waals surface area contributed by atoms with E-state index in [1.54, 1.807) is 0 Å². The van der Waals surface area contributed by atoms with Gasteiger partial charge in [0.25, 0.3) is 0 Å². The zero-order valence-corrected chi connectivity index (χ0v) is 8.94. The molecule has 0 saturated heterocycles. The lowest BCUT2D eigenvalue weighted by Gasteiger charge is -1.98. The van der Waals surface area contributed by atoms with Gasteiger partial charge in [-0.3, -0.25) is 4.79 Å². The Morgan fingerprint density at radius 3 is 1.31 bits per heavy atom. The van der Waals surface area contributed by atoms with E-state index in [4.69, 9.17) is 10.2 Å². The van der Waals surface area contributed by atoms with Gasteiger partial charge in [-0.15, -0.1) is 0 Å². The molecule has 0 aliphatic carbocycles. The summed E-state index contributed by atoms with van der Waals surface area (Å²) in [5, 5.41) is 17.6. The summed E-state index contributed by atoms with van der Waals surface area (Å²) in [6.07, 6.45) is 5.17. The van der Waals surface area contributed by atoms with E-state index >= 15 is 0 Å². The minimum Gasteiger partial charge on any atom is -0.509 e. The summed E-state index contributed by atoms with van der Waals surface area (Å²) in [6.45, 7) is 13.5. The first-order valence-corrected chi connectivity index (χ1v) is 4.39. The van der Waals surface area contributed by atoms with Crippen molar-refractivity contribution in [2.45, 2.75) is 0 Å². The number of carbonyl (C=O) groups is 1. The molecule has 0 saturated carbocycles. The molecule has 0 aromatic carbocycles. The highest BCUT2D eigenvalue weighted by Crippen LogP contribution is 2.07. The third-order valence-electron chi connectivity index (χ3n) is 1.54. The maximum Gasteiger partial charge on any atom is 0.191 e. The van der Waals surface area contributed by atoms with Crippen LogP contribution in [0, 0.1) is 0 Å². The minimum atomic E-state index is -0.394. The molecule has 3 nitrogen and oxygen atoms in total.